The third-order valence-corrected chi connectivity index (χ3v) is 8.25. The fraction of sp³-hybridized carbons (Fsp3) is 0.286. The zero-order chi connectivity index (χ0) is 31.2. The van der Waals surface area contributed by atoms with Crippen LogP contribution in [0.1, 0.15) is 35.2 Å². The molecule has 0 unspecified atom stereocenters. The molecule has 10 heteroatoms. The van der Waals surface area contributed by atoms with Gasteiger partial charge in [0.05, 0.1) is 17.8 Å². The van der Waals surface area contributed by atoms with Gasteiger partial charge >= 0.3 is 5.97 Å². The van der Waals surface area contributed by atoms with Crippen molar-refractivity contribution in [1.82, 2.24) is 14.9 Å². The number of piperazine rings is 1. The van der Waals surface area contributed by atoms with E-state index < -0.39 is 5.97 Å². The van der Waals surface area contributed by atoms with E-state index in [0.717, 1.165) is 67.2 Å². The number of hydrogen-bond donors (Lipinski definition) is 2. The van der Waals surface area contributed by atoms with E-state index in [1.54, 1.807) is 35.6 Å². The number of carbonyl (C=O) groups excluding carboxylic acids is 2. The first kappa shape index (κ1) is 29.8. The summed E-state index contributed by atoms with van der Waals surface area (Å²) in [4.78, 5) is 52.2. The van der Waals surface area contributed by atoms with E-state index in [-0.39, 0.29) is 30.7 Å². The lowest BCUT2D eigenvalue weighted by atomic mass is 10.0. The monoisotopic (exact) mass is 604 g/mol. The third-order valence-electron chi connectivity index (χ3n) is 8.25. The van der Waals surface area contributed by atoms with Gasteiger partial charge in [0.1, 0.15) is 5.82 Å². The van der Waals surface area contributed by atoms with Crippen LogP contribution in [-0.2, 0) is 16.1 Å². The van der Waals surface area contributed by atoms with Gasteiger partial charge in [-0.05, 0) is 72.0 Å². The minimum Gasteiger partial charge on any atom is -0.481 e. The number of rotatable bonds is 11. The highest BCUT2D eigenvalue weighted by Gasteiger charge is 2.33. The quantitative estimate of drug-likeness (QED) is 0.247. The van der Waals surface area contributed by atoms with Crippen LogP contribution in [0.3, 0.4) is 0 Å². The normalized spacial score (nSPS) is 14.6. The molecule has 1 saturated carbocycles. The van der Waals surface area contributed by atoms with Gasteiger partial charge in [-0.25, -0.2) is 4.98 Å². The average molecular weight is 605 g/mol. The lowest BCUT2D eigenvalue weighted by Gasteiger charge is -2.37. The minimum atomic E-state index is -0.920. The summed E-state index contributed by atoms with van der Waals surface area (Å²) in [5.74, 6) is -0.151. The number of aromatic nitrogens is 2. The van der Waals surface area contributed by atoms with Gasteiger partial charge in [-0.3, -0.25) is 19.4 Å². The van der Waals surface area contributed by atoms with Crippen molar-refractivity contribution in [3.63, 3.8) is 0 Å². The number of nitrogens with zero attached hydrogens (tertiary/aromatic N) is 5. The van der Waals surface area contributed by atoms with Crippen molar-refractivity contribution in [2.75, 3.05) is 47.8 Å². The maximum absolute atomic E-state index is 13.3. The van der Waals surface area contributed by atoms with E-state index in [4.69, 9.17) is 0 Å². The van der Waals surface area contributed by atoms with Gasteiger partial charge < -0.3 is 25.1 Å². The number of benzene rings is 2. The van der Waals surface area contributed by atoms with Crippen molar-refractivity contribution < 1.29 is 19.5 Å². The van der Waals surface area contributed by atoms with E-state index in [1.165, 1.54) is 0 Å². The first-order valence-corrected chi connectivity index (χ1v) is 15.3. The average Bonchev–Trinajstić information content (AvgIpc) is 3.93. The molecule has 1 aliphatic carbocycles. The van der Waals surface area contributed by atoms with Crippen LogP contribution < -0.4 is 15.1 Å². The summed E-state index contributed by atoms with van der Waals surface area (Å²) in [7, 11) is 0. The van der Waals surface area contributed by atoms with Crippen molar-refractivity contribution in [2.45, 2.75) is 25.8 Å². The predicted molar refractivity (Wildman–Crippen MR) is 173 cm³/mol. The van der Waals surface area contributed by atoms with Crippen LogP contribution in [0.25, 0.3) is 11.1 Å². The zero-order valence-corrected chi connectivity index (χ0v) is 25.0. The molecule has 0 bridgehead atoms. The molecule has 2 amide bonds. The summed E-state index contributed by atoms with van der Waals surface area (Å²) in [6, 6.07) is 23.3. The Kier molecular flexibility index (Phi) is 9.00. The maximum Gasteiger partial charge on any atom is 0.305 e. The number of aliphatic carboxylic acids is 1. The molecule has 3 heterocycles. The topological polar surface area (TPSA) is 119 Å². The fourth-order valence-corrected chi connectivity index (χ4v) is 5.66. The fourth-order valence-electron chi connectivity index (χ4n) is 5.66. The molecular formula is C35H36N6O4. The van der Waals surface area contributed by atoms with Gasteiger partial charge in [-0.2, -0.15) is 0 Å². The van der Waals surface area contributed by atoms with Crippen molar-refractivity contribution >= 4 is 35.0 Å². The van der Waals surface area contributed by atoms with Crippen molar-refractivity contribution in [1.29, 1.82) is 0 Å². The molecular weight excluding hydrogens is 568 g/mol. The lowest BCUT2D eigenvalue weighted by molar-refractivity contribution is -0.139. The smallest absolute Gasteiger partial charge is 0.305 e. The largest absolute Gasteiger partial charge is 0.481 e. The predicted octanol–water partition coefficient (Wildman–Crippen LogP) is 4.94. The van der Waals surface area contributed by atoms with Crippen LogP contribution in [0.15, 0.2) is 91.4 Å². The number of pyridine rings is 2. The Hall–Kier alpha value is -5.25. The van der Waals surface area contributed by atoms with Crippen LogP contribution in [0.4, 0.5) is 17.2 Å². The van der Waals surface area contributed by atoms with E-state index in [2.05, 4.69) is 37.2 Å². The van der Waals surface area contributed by atoms with Crippen LogP contribution in [0, 0.1) is 5.92 Å². The lowest BCUT2D eigenvalue weighted by Crippen LogP contribution is -2.47. The molecule has 0 atom stereocenters. The van der Waals surface area contributed by atoms with Gasteiger partial charge in [0.15, 0.2) is 0 Å². The summed E-state index contributed by atoms with van der Waals surface area (Å²) in [5.41, 5.74) is 4.94. The molecule has 0 radical (unpaired) electrons. The molecule has 0 spiro atoms. The molecule has 2 aromatic carbocycles. The summed E-state index contributed by atoms with van der Waals surface area (Å²) < 4.78 is 0. The van der Waals surface area contributed by atoms with Crippen LogP contribution in [0.2, 0.25) is 0 Å². The highest BCUT2D eigenvalue weighted by Crippen LogP contribution is 2.34. The highest BCUT2D eigenvalue weighted by molar-refractivity contribution is 6.06. The number of amides is 2. The number of hydrogen-bond acceptors (Lipinski definition) is 7. The zero-order valence-electron chi connectivity index (χ0n) is 25.0. The Labute approximate surface area is 262 Å². The molecule has 6 rings (SSSR count). The molecule has 45 heavy (non-hydrogen) atoms. The highest BCUT2D eigenvalue weighted by atomic mass is 16.4. The number of carboxylic acids is 1. The second-order valence-corrected chi connectivity index (χ2v) is 11.5. The Morgan fingerprint density at radius 2 is 1.60 bits per heavy atom. The summed E-state index contributed by atoms with van der Waals surface area (Å²) in [6.07, 6.45) is 6.64. The summed E-state index contributed by atoms with van der Waals surface area (Å²) >= 11 is 0. The van der Waals surface area contributed by atoms with Gasteiger partial charge in [-0.1, -0.05) is 30.3 Å². The summed E-state index contributed by atoms with van der Waals surface area (Å²) in [5, 5.41) is 12.4. The SMILES string of the molecule is O=C(O)CCN(Cc1cccc(-c2ccc(N3CCN(c4ccccn4)CC3)c(NC(=O)c3ccncc3)c2)c1)C(=O)C1CC1. The maximum atomic E-state index is 13.3. The van der Waals surface area contributed by atoms with Crippen LogP contribution in [-0.4, -0.2) is 70.5 Å². The van der Waals surface area contributed by atoms with Gasteiger partial charge in [0, 0.05) is 69.3 Å². The molecule has 4 aromatic rings. The Balaban J connectivity index is 1.25. The Morgan fingerprint density at radius 3 is 2.31 bits per heavy atom. The molecule has 2 aliphatic rings. The van der Waals surface area contributed by atoms with E-state index in [1.807, 2.05) is 48.5 Å². The molecule has 2 fully saturated rings. The van der Waals surface area contributed by atoms with Gasteiger partial charge in [0.2, 0.25) is 5.91 Å². The third kappa shape index (κ3) is 7.46. The van der Waals surface area contributed by atoms with Crippen LogP contribution in [0.5, 0.6) is 0 Å². The minimum absolute atomic E-state index is 0.00640. The Bertz CT molecular complexity index is 1650. The van der Waals surface area contributed by atoms with Crippen molar-refractivity contribution in [2.24, 2.45) is 5.92 Å². The van der Waals surface area contributed by atoms with Gasteiger partial charge in [0.25, 0.3) is 5.91 Å². The standard InChI is InChI=1S/C35H36N6O4/c42-33(43)13-17-41(35(45)27-7-8-27)24-25-4-3-5-28(22-25)29-9-10-31(30(23-29)38-34(44)26-11-15-36-16-12-26)39-18-20-40(21-19-39)32-6-1-2-14-37-32/h1-6,9-12,14-16,22-23,27H,7-8,13,17-21,24H2,(H,38,44)(H,42,43). The molecule has 2 aromatic heterocycles. The number of carbonyl (C=O) groups is 3. The van der Waals surface area contributed by atoms with Crippen molar-refractivity contribution in [3.05, 3.63) is 103 Å². The molecule has 1 saturated heterocycles. The van der Waals surface area contributed by atoms with E-state index in [0.29, 0.717) is 17.8 Å². The number of carboxylic acid groups (broad SMARTS) is 1. The molecule has 230 valence electrons. The van der Waals surface area contributed by atoms with E-state index in [9.17, 15) is 19.5 Å². The molecule has 10 nitrogen and oxygen atoms in total. The number of anilines is 3. The second kappa shape index (κ2) is 13.6. The Morgan fingerprint density at radius 1 is 0.844 bits per heavy atom. The van der Waals surface area contributed by atoms with Crippen LogP contribution >= 0.6 is 0 Å². The summed E-state index contributed by atoms with van der Waals surface area (Å²) in [6.45, 7) is 3.67. The van der Waals surface area contributed by atoms with Crippen molar-refractivity contribution in [3.8, 4) is 11.1 Å². The van der Waals surface area contributed by atoms with Gasteiger partial charge in [-0.15, -0.1) is 0 Å². The first-order valence-electron chi connectivity index (χ1n) is 15.3. The molecule has 1 aliphatic heterocycles. The number of nitrogens with one attached hydrogen (secondary N) is 1. The second-order valence-electron chi connectivity index (χ2n) is 11.5. The van der Waals surface area contributed by atoms with E-state index >= 15 is 0 Å². The molecule has 2 N–H and O–H groups in total. The first-order chi connectivity index (χ1) is 21.9.